The highest BCUT2D eigenvalue weighted by Gasteiger charge is 2.13. The van der Waals surface area contributed by atoms with Crippen LogP contribution in [0.15, 0.2) is 11.1 Å². The van der Waals surface area contributed by atoms with E-state index in [2.05, 4.69) is 27.8 Å². The van der Waals surface area contributed by atoms with Crippen LogP contribution < -0.4 is 5.32 Å². The van der Waals surface area contributed by atoms with Crippen molar-refractivity contribution in [3.05, 3.63) is 11.1 Å². The van der Waals surface area contributed by atoms with E-state index >= 15 is 0 Å². The number of hydrogen-bond donors (Lipinski definition) is 1. The second-order valence-electron chi connectivity index (χ2n) is 3.93. The molecule has 15 heavy (non-hydrogen) atoms. The number of nitrogens with zero attached hydrogens (tertiary/aromatic N) is 1. The Morgan fingerprint density at radius 2 is 1.73 bits per heavy atom. The second-order valence-corrected chi connectivity index (χ2v) is 5.05. The average Bonchev–Trinajstić information content (AvgIpc) is 2.13. The van der Waals surface area contributed by atoms with Crippen LogP contribution in [0.2, 0.25) is 0 Å². The molecule has 1 fully saturated rings. The van der Waals surface area contributed by atoms with Gasteiger partial charge in [0.05, 0.1) is 6.54 Å². The fourth-order valence-electron chi connectivity index (χ4n) is 1.73. The predicted octanol–water partition coefficient (Wildman–Crippen LogP) is 2.87. The highest BCUT2D eigenvalue weighted by molar-refractivity contribution is 9.11. The third-order valence-corrected chi connectivity index (χ3v) is 2.86. The van der Waals surface area contributed by atoms with Crippen molar-refractivity contribution in [2.75, 3.05) is 19.6 Å². The molecule has 0 radical (unpaired) electrons. The van der Waals surface area contributed by atoms with Crippen molar-refractivity contribution >= 4 is 22.0 Å². The van der Waals surface area contributed by atoms with Crippen molar-refractivity contribution in [2.24, 2.45) is 0 Å². The summed E-state index contributed by atoms with van der Waals surface area (Å²) in [5.41, 5.74) is 0. The summed E-state index contributed by atoms with van der Waals surface area (Å²) in [6.45, 7) is 5.98. The maximum atomic E-state index is 11.7. The van der Waals surface area contributed by atoms with E-state index in [1.54, 1.807) is 0 Å². The van der Waals surface area contributed by atoms with Crippen molar-refractivity contribution in [3.63, 3.8) is 0 Å². The summed E-state index contributed by atoms with van der Waals surface area (Å²) < 4.78 is 0.808. The fourth-order valence-corrected chi connectivity index (χ4v) is 1.87. The van der Waals surface area contributed by atoms with E-state index in [0.717, 1.165) is 30.4 Å². The summed E-state index contributed by atoms with van der Waals surface area (Å²) >= 11 is 3.23. The molecule has 3 nitrogen and oxygen atoms in total. The van der Waals surface area contributed by atoms with Gasteiger partial charge in [0.15, 0.2) is 0 Å². The standard InChI is InChI=1S/C11H19BrN2O/c1-10(12)9-13-11(15)14-7-5-3-2-4-6-8-14/h1-9H2,(H,13,15). The number of likely N-dealkylation sites (tertiary alicyclic amines) is 1. The molecule has 0 unspecified atom stereocenters. The molecule has 0 spiro atoms. The summed E-state index contributed by atoms with van der Waals surface area (Å²) in [6, 6.07) is 0.0394. The Morgan fingerprint density at radius 3 is 2.27 bits per heavy atom. The Bertz CT molecular complexity index is 223. The van der Waals surface area contributed by atoms with Gasteiger partial charge in [0, 0.05) is 17.6 Å². The lowest BCUT2D eigenvalue weighted by atomic mass is 10.1. The van der Waals surface area contributed by atoms with Crippen LogP contribution in [0, 0.1) is 0 Å². The first-order valence-corrected chi connectivity index (χ1v) is 6.35. The average molecular weight is 275 g/mol. The van der Waals surface area contributed by atoms with E-state index in [-0.39, 0.29) is 6.03 Å². The molecule has 4 heteroatoms. The lowest BCUT2D eigenvalue weighted by Gasteiger charge is -2.24. The van der Waals surface area contributed by atoms with Gasteiger partial charge in [0.1, 0.15) is 0 Å². The van der Waals surface area contributed by atoms with E-state index in [0.29, 0.717) is 6.54 Å². The Morgan fingerprint density at radius 1 is 1.20 bits per heavy atom. The molecule has 0 aromatic heterocycles. The molecule has 2 amide bonds. The number of halogens is 1. The predicted molar refractivity (Wildman–Crippen MR) is 66.1 cm³/mol. The number of rotatable bonds is 2. The normalized spacial score (nSPS) is 17.8. The molecule has 1 aliphatic rings. The molecule has 1 heterocycles. The van der Waals surface area contributed by atoms with Crippen molar-refractivity contribution in [2.45, 2.75) is 32.1 Å². The van der Waals surface area contributed by atoms with Gasteiger partial charge in [0.2, 0.25) is 0 Å². The molecule has 0 aromatic carbocycles. The first-order chi connectivity index (χ1) is 7.20. The van der Waals surface area contributed by atoms with Gasteiger partial charge in [-0.2, -0.15) is 0 Å². The smallest absolute Gasteiger partial charge is 0.317 e. The van der Waals surface area contributed by atoms with Gasteiger partial charge in [0.25, 0.3) is 0 Å². The van der Waals surface area contributed by atoms with Crippen LogP contribution in [-0.4, -0.2) is 30.6 Å². The highest BCUT2D eigenvalue weighted by atomic mass is 79.9. The molecule has 86 valence electrons. The Hall–Kier alpha value is -0.510. The van der Waals surface area contributed by atoms with Crippen LogP contribution in [0.25, 0.3) is 0 Å². The molecule has 0 saturated carbocycles. The topological polar surface area (TPSA) is 32.3 Å². The summed E-state index contributed by atoms with van der Waals surface area (Å²) in [4.78, 5) is 13.6. The summed E-state index contributed by atoms with van der Waals surface area (Å²) in [6.07, 6.45) is 6.06. The molecule has 0 aliphatic carbocycles. The lowest BCUT2D eigenvalue weighted by Crippen LogP contribution is -2.41. The van der Waals surface area contributed by atoms with Gasteiger partial charge in [-0.15, -0.1) is 0 Å². The number of urea groups is 1. The van der Waals surface area contributed by atoms with Crippen molar-refractivity contribution in [1.29, 1.82) is 0 Å². The van der Waals surface area contributed by atoms with Crippen LogP contribution in [0.1, 0.15) is 32.1 Å². The van der Waals surface area contributed by atoms with Crippen molar-refractivity contribution in [1.82, 2.24) is 10.2 Å². The molecule has 1 aliphatic heterocycles. The van der Waals surface area contributed by atoms with Gasteiger partial charge >= 0.3 is 6.03 Å². The van der Waals surface area contributed by atoms with E-state index < -0.39 is 0 Å². The first-order valence-electron chi connectivity index (χ1n) is 5.56. The molecule has 1 N–H and O–H groups in total. The molecule has 0 bridgehead atoms. The molecular weight excluding hydrogens is 256 g/mol. The number of amides is 2. The van der Waals surface area contributed by atoms with Gasteiger partial charge < -0.3 is 10.2 Å². The monoisotopic (exact) mass is 274 g/mol. The maximum Gasteiger partial charge on any atom is 0.317 e. The van der Waals surface area contributed by atoms with Gasteiger partial charge in [-0.1, -0.05) is 41.8 Å². The number of hydrogen-bond acceptors (Lipinski definition) is 1. The third kappa shape index (κ3) is 5.21. The Labute approximate surface area is 100 Å². The molecule has 1 rings (SSSR count). The lowest BCUT2D eigenvalue weighted by molar-refractivity contribution is 0.193. The van der Waals surface area contributed by atoms with Gasteiger partial charge in [-0.25, -0.2) is 4.79 Å². The first kappa shape index (κ1) is 12.6. The van der Waals surface area contributed by atoms with Crippen molar-refractivity contribution in [3.8, 4) is 0 Å². The van der Waals surface area contributed by atoms with E-state index in [9.17, 15) is 4.79 Å². The van der Waals surface area contributed by atoms with Crippen LogP contribution in [0.5, 0.6) is 0 Å². The highest BCUT2D eigenvalue weighted by Crippen LogP contribution is 2.10. The summed E-state index contributed by atoms with van der Waals surface area (Å²) in [5.74, 6) is 0. The fraction of sp³-hybridized carbons (Fsp3) is 0.727. The van der Waals surface area contributed by atoms with E-state index in [4.69, 9.17) is 0 Å². The number of carbonyl (C=O) groups excluding carboxylic acids is 1. The van der Waals surface area contributed by atoms with E-state index in [1.165, 1.54) is 19.3 Å². The molecule has 1 saturated heterocycles. The molecule has 0 aromatic rings. The third-order valence-electron chi connectivity index (χ3n) is 2.57. The SMILES string of the molecule is C=C(Br)CNC(=O)N1CCCCCCC1. The van der Waals surface area contributed by atoms with Crippen LogP contribution in [-0.2, 0) is 0 Å². The quantitative estimate of drug-likeness (QED) is 0.825. The zero-order chi connectivity index (χ0) is 11.1. The second kappa shape index (κ2) is 6.88. The number of nitrogens with one attached hydrogen (secondary N) is 1. The largest absolute Gasteiger partial charge is 0.333 e. The zero-order valence-electron chi connectivity index (χ0n) is 9.10. The van der Waals surface area contributed by atoms with Gasteiger partial charge in [-0.3, -0.25) is 0 Å². The summed E-state index contributed by atoms with van der Waals surface area (Å²) in [7, 11) is 0. The molecule has 0 atom stereocenters. The Kier molecular flexibility index (Phi) is 5.76. The van der Waals surface area contributed by atoms with Crippen molar-refractivity contribution < 1.29 is 4.79 Å². The molecular formula is C11H19BrN2O. The minimum Gasteiger partial charge on any atom is -0.333 e. The minimum atomic E-state index is 0.0394. The van der Waals surface area contributed by atoms with E-state index in [1.807, 2.05) is 4.90 Å². The van der Waals surface area contributed by atoms with Crippen LogP contribution >= 0.6 is 15.9 Å². The van der Waals surface area contributed by atoms with Crippen LogP contribution in [0.4, 0.5) is 4.79 Å². The minimum absolute atomic E-state index is 0.0394. The Balaban J connectivity index is 2.31. The van der Waals surface area contributed by atoms with Crippen LogP contribution in [0.3, 0.4) is 0 Å². The summed E-state index contributed by atoms with van der Waals surface area (Å²) in [5, 5.41) is 2.84. The number of carbonyl (C=O) groups is 1. The maximum absolute atomic E-state index is 11.7. The van der Waals surface area contributed by atoms with Gasteiger partial charge in [-0.05, 0) is 12.8 Å². The zero-order valence-corrected chi connectivity index (χ0v) is 10.7.